The first-order chi connectivity index (χ1) is 15.8. The van der Waals surface area contributed by atoms with Crippen LogP contribution in [-0.2, 0) is 25.8 Å². The lowest BCUT2D eigenvalue weighted by atomic mass is 10.1. The molecular formula is C23H23FN2O5S2. The van der Waals surface area contributed by atoms with Gasteiger partial charge in [-0.2, -0.15) is 0 Å². The van der Waals surface area contributed by atoms with E-state index in [0.717, 1.165) is 17.7 Å². The third kappa shape index (κ3) is 6.17. The van der Waals surface area contributed by atoms with E-state index in [0.29, 0.717) is 17.0 Å². The van der Waals surface area contributed by atoms with E-state index >= 15 is 0 Å². The minimum absolute atomic E-state index is 0.0715. The van der Waals surface area contributed by atoms with Crippen LogP contribution in [0.15, 0.2) is 70.9 Å². The largest absolute Gasteiger partial charge is 0.496 e. The fourth-order valence-electron chi connectivity index (χ4n) is 3.19. The SMILES string of the molecule is COc1ccccc1CCNC(=O)C(=O)NC[C@@H](c1cccs1)S(=O)(=O)c1ccc(F)cc1. The molecule has 0 fully saturated rings. The number of hydrogen-bond donors (Lipinski definition) is 2. The number of rotatable bonds is 9. The van der Waals surface area contributed by atoms with Gasteiger partial charge in [0.1, 0.15) is 16.8 Å². The molecule has 0 aliphatic heterocycles. The van der Waals surface area contributed by atoms with E-state index in [2.05, 4.69) is 10.6 Å². The summed E-state index contributed by atoms with van der Waals surface area (Å²) in [6.45, 7) is -0.103. The van der Waals surface area contributed by atoms with Gasteiger partial charge in [0.2, 0.25) is 0 Å². The van der Waals surface area contributed by atoms with Crippen LogP contribution in [0.25, 0.3) is 0 Å². The molecule has 0 bridgehead atoms. The predicted octanol–water partition coefficient (Wildman–Crippen LogP) is 2.89. The van der Waals surface area contributed by atoms with Crippen molar-refractivity contribution in [2.75, 3.05) is 20.2 Å². The molecule has 0 aliphatic carbocycles. The lowest BCUT2D eigenvalue weighted by Gasteiger charge is -2.17. The Morgan fingerprint density at radius 3 is 2.36 bits per heavy atom. The second kappa shape index (κ2) is 11.1. The van der Waals surface area contributed by atoms with Crippen molar-refractivity contribution in [2.24, 2.45) is 0 Å². The van der Waals surface area contributed by atoms with Crippen LogP contribution in [0.2, 0.25) is 0 Å². The average Bonchev–Trinajstić information content (AvgIpc) is 3.34. The molecule has 2 amide bonds. The average molecular weight is 491 g/mol. The Labute approximate surface area is 195 Å². The summed E-state index contributed by atoms with van der Waals surface area (Å²) in [7, 11) is -2.39. The predicted molar refractivity (Wildman–Crippen MR) is 123 cm³/mol. The van der Waals surface area contributed by atoms with Crippen molar-refractivity contribution in [1.29, 1.82) is 0 Å². The number of benzene rings is 2. The van der Waals surface area contributed by atoms with Crippen LogP contribution in [-0.4, -0.2) is 40.4 Å². The number of ether oxygens (including phenoxy) is 1. The minimum Gasteiger partial charge on any atom is -0.496 e. The molecule has 2 N–H and O–H groups in total. The van der Waals surface area contributed by atoms with Crippen LogP contribution in [0.4, 0.5) is 4.39 Å². The Kier molecular flexibility index (Phi) is 8.18. The quantitative estimate of drug-likeness (QED) is 0.355. The normalized spacial score (nSPS) is 12.1. The molecule has 0 saturated heterocycles. The van der Waals surface area contributed by atoms with Gasteiger partial charge < -0.3 is 15.4 Å². The maximum absolute atomic E-state index is 13.2. The maximum Gasteiger partial charge on any atom is 0.309 e. The summed E-state index contributed by atoms with van der Waals surface area (Å²) in [5.41, 5.74) is 0.879. The number of hydrogen-bond acceptors (Lipinski definition) is 6. The molecule has 0 aliphatic rings. The first-order valence-corrected chi connectivity index (χ1v) is 12.5. The molecule has 0 radical (unpaired) electrons. The molecule has 3 aromatic rings. The van der Waals surface area contributed by atoms with Crippen LogP contribution in [0.3, 0.4) is 0 Å². The number of carbonyl (C=O) groups is 2. The number of amides is 2. The summed E-state index contributed by atoms with van der Waals surface area (Å²) in [5, 5.41) is 5.53. The maximum atomic E-state index is 13.2. The van der Waals surface area contributed by atoms with Crippen molar-refractivity contribution in [1.82, 2.24) is 10.6 Å². The highest BCUT2D eigenvalue weighted by molar-refractivity contribution is 7.91. The zero-order chi connectivity index (χ0) is 23.8. The third-order valence-corrected chi connectivity index (χ3v) is 8.14. The van der Waals surface area contributed by atoms with E-state index < -0.39 is 32.7 Å². The highest BCUT2D eigenvalue weighted by atomic mass is 32.2. The Bertz CT molecular complexity index is 1200. The number of nitrogens with one attached hydrogen (secondary N) is 2. The van der Waals surface area contributed by atoms with Crippen LogP contribution < -0.4 is 15.4 Å². The fourth-order valence-corrected chi connectivity index (χ4v) is 5.98. The van der Waals surface area contributed by atoms with E-state index in [4.69, 9.17) is 4.74 Å². The summed E-state index contributed by atoms with van der Waals surface area (Å²) in [5.74, 6) is -1.68. The minimum atomic E-state index is -3.94. The smallest absolute Gasteiger partial charge is 0.309 e. The molecule has 1 aromatic heterocycles. The lowest BCUT2D eigenvalue weighted by molar-refractivity contribution is -0.139. The highest BCUT2D eigenvalue weighted by Crippen LogP contribution is 2.31. The first kappa shape index (κ1) is 24.4. The zero-order valence-electron chi connectivity index (χ0n) is 17.8. The summed E-state index contributed by atoms with van der Waals surface area (Å²) in [4.78, 5) is 24.9. The van der Waals surface area contributed by atoms with Crippen molar-refractivity contribution in [2.45, 2.75) is 16.6 Å². The molecule has 33 heavy (non-hydrogen) atoms. The van der Waals surface area contributed by atoms with Gasteiger partial charge >= 0.3 is 11.8 Å². The lowest BCUT2D eigenvalue weighted by Crippen LogP contribution is -2.42. The molecule has 10 heteroatoms. The van der Waals surface area contributed by atoms with Gasteiger partial charge in [-0.25, -0.2) is 12.8 Å². The van der Waals surface area contributed by atoms with Gasteiger partial charge in [0.05, 0.1) is 12.0 Å². The molecule has 174 valence electrons. The van der Waals surface area contributed by atoms with Gasteiger partial charge in [-0.3, -0.25) is 9.59 Å². The summed E-state index contributed by atoms with van der Waals surface area (Å²) < 4.78 is 44.8. The van der Waals surface area contributed by atoms with E-state index in [9.17, 15) is 22.4 Å². The summed E-state index contributed by atoms with van der Waals surface area (Å²) >= 11 is 1.21. The fraction of sp³-hybridized carbons (Fsp3) is 0.217. The monoisotopic (exact) mass is 490 g/mol. The van der Waals surface area contributed by atoms with Crippen molar-refractivity contribution >= 4 is 33.0 Å². The van der Waals surface area contributed by atoms with Crippen molar-refractivity contribution < 1.29 is 27.1 Å². The van der Waals surface area contributed by atoms with Gasteiger partial charge in [-0.1, -0.05) is 24.3 Å². The third-order valence-electron chi connectivity index (χ3n) is 4.90. The number of methoxy groups -OCH3 is 1. The zero-order valence-corrected chi connectivity index (χ0v) is 19.4. The number of carbonyl (C=O) groups excluding carboxylic acids is 2. The number of thiophene rings is 1. The number of sulfone groups is 1. The van der Waals surface area contributed by atoms with Crippen LogP contribution in [0.1, 0.15) is 15.7 Å². The van der Waals surface area contributed by atoms with Crippen molar-refractivity contribution in [3.05, 3.63) is 82.3 Å². The van der Waals surface area contributed by atoms with E-state index in [-0.39, 0.29) is 18.0 Å². The number of halogens is 1. The van der Waals surface area contributed by atoms with Crippen LogP contribution in [0, 0.1) is 5.82 Å². The molecule has 1 heterocycles. The van der Waals surface area contributed by atoms with E-state index in [1.807, 2.05) is 18.2 Å². The van der Waals surface area contributed by atoms with Gasteiger partial charge in [-0.05, 0) is 53.8 Å². The second-order valence-electron chi connectivity index (χ2n) is 7.03. The van der Waals surface area contributed by atoms with E-state index in [1.54, 1.807) is 30.7 Å². The molecule has 0 spiro atoms. The van der Waals surface area contributed by atoms with Gasteiger partial charge in [-0.15, -0.1) is 11.3 Å². The molecule has 2 aromatic carbocycles. The molecular weight excluding hydrogens is 467 g/mol. The Balaban J connectivity index is 1.62. The van der Waals surface area contributed by atoms with E-state index in [1.165, 1.54) is 23.5 Å². The van der Waals surface area contributed by atoms with Gasteiger partial charge in [0, 0.05) is 18.0 Å². The standard InChI is InChI=1S/C23H23FN2O5S2/c1-31-19-6-3-2-5-16(19)12-13-25-22(27)23(28)26-15-21(20-7-4-14-32-20)33(29,30)18-10-8-17(24)9-11-18/h2-11,14,21H,12-13,15H2,1H3,(H,25,27)(H,26,28)/t21-/m0/s1. The highest BCUT2D eigenvalue weighted by Gasteiger charge is 2.31. The Morgan fingerprint density at radius 2 is 1.70 bits per heavy atom. The van der Waals surface area contributed by atoms with Crippen molar-refractivity contribution in [3.63, 3.8) is 0 Å². The van der Waals surface area contributed by atoms with Crippen molar-refractivity contribution in [3.8, 4) is 5.75 Å². The molecule has 3 rings (SSSR count). The van der Waals surface area contributed by atoms with Crippen LogP contribution in [0.5, 0.6) is 5.75 Å². The Hall–Kier alpha value is -3.24. The Morgan fingerprint density at radius 1 is 1.00 bits per heavy atom. The topological polar surface area (TPSA) is 102 Å². The molecule has 1 atom stereocenters. The summed E-state index contributed by atoms with van der Waals surface area (Å²) in [6, 6.07) is 15.1. The molecule has 0 saturated carbocycles. The summed E-state index contributed by atoms with van der Waals surface area (Å²) in [6.07, 6.45) is 0.458. The van der Waals surface area contributed by atoms with Gasteiger partial charge in [0.15, 0.2) is 9.84 Å². The molecule has 0 unspecified atom stereocenters. The van der Waals surface area contributed by atoms with Gasteiger partial charge in [0.25, 0.3) is 0 Å². The second-order valence-corrected chi connectivity index (χ2v) is 10.1. The number of para-hydroxylation sites is 1. The van der Waals surface area contributed by atoms with Crippen LogP contribution >= 0.6 is 11.3 Å². The molecule has 7 nitrogen and oxygen atoms in total. The first-order valence-electron chi connectivity index (χ1n) is 10.0.